The van der Waals surface area contributed by atoms with Crippen LogP contribution in [0, 0.1) is 18.2 Å². The van der Waals surface area contributed by atoms with Gasteiger partial charge in [0.25, 0.3) is 0 Å². The lowest BCUT2D eigenvalue weighted by molar-refractivity contribution is -0.150. The lowest BCUT2D eigenvalue weighted by Gasteiger charge is -2.37. The molecular weight excluding hydrogens is 275 g/mol. The summed E-state index contributed by atoms with van der Waals surface area (Å²) in [7, 11) is 0. The molecule has 1 fully saturated rings. The second kappa shape index (κ2) is 5.71. The summed E-state index contributed by atoms with van der Waals surface area (Å²) in [4.78, 5) is 25.0. The van der Waals surface area contributed by atoms with E-state index in [1.165, 1.54) is 17.0 Å². The van der Waals surface area contributed by atoms with Crippen molar-refractivity contribution < 1.29 is 19.1 Å². The van der Waals surface area contributed by atoms with Crippen molar-refractivity contribution in [3.05, 3.63) is 29.6 Å². The number of carboxylic acid groups (broad SMARTS) is 1. The number of urea groups is 1. The quantitative estimate of drug-likeness (QED) is 0.881. The Morgan fingerprint density at radius 3 is 2.76 bits per heavy atom. The molecule has 1 saturated heterocycles. The van der Waals surface area contributed by atoms with Crippen molar-refractivity contribution in [2.45, 2.75) is 26.7 Å². The van der Waals surface area contributed by atoms with E-state index in [1.54, 1.807) is 19.9 Å². The first-order chi connectivity index (χ1) is 9.82. The number of rotatable bonds is 2. The van der Waals surface area contributed by atoms with Gasteiger partial charge in [-0.15, -0.1) is 0 Å². The van der Waals surface area contributed by atoms with Crippen LogP contribution in [-0.4, -0.2) is 35.1 Å². The number of hydrogen-bond acceptors (Lipinski definition) is 2. The van der Waals surface area contributed by atoms with Gasteiger partial charge in [-0.3, -0.25) is 4.79 Å². The summed E-state index contributed by atoms with van der Waals surface area (Å²) in [5.41, 5.74) is 0.0391. The second-order valence-corrected chi connectivity index (χ2v) is 5.79. The Morgan fingerprint density at radius 2 is 2.14 bits per heavy atom. The van der Waals surface area contributed by atoms with Crippen LogP contribution in [-0.2, 0) is 4.79 Å². The molecule has 0 radical (unpaired) electrons. The highest BCUT2D eigenvalue weighted by molar-refractivity contribution is 5.90. The van der Waals surface area contributed by atoms with E-state index in [4.69, 9.17) is 0 Å². The largest absolute Gasteiger partial charge is 0.481 e. The maximum atomic E-state index is 13.2. The van der Waals surface area contributed by atoms with E-state index < -0.39 is 11.4 Å². The molecule has 0 spiro atoms. The number of hydrogen-bond donors (Lipinski definition) is 2. The van der Waals surface area contributed by atoms with Crippen molar-refractivity contribution in [3.63, 3.8) is 0 Å². The van der Waals surface area contributed by atoms with Crippen LogP contribution in [0.5, 0.6) is 0 Å². The number of carboxylic acids is 1. The molecule has 0 saturated carbocycles. The Labute approximate surface area is 122 Å². The Hall–Kier alpha value is -2.11. The monoisotopic (exact) mass is 294 g/mol. The number of aliphatic carboxylic acids is 1. The topological polar surface area (TPSA) is 69.6 Å². The van der Waals surface area contributed by atoms with E-state index in [1.807, 2.05) is 0 Å². The maximum Gasteiger partial charge on any atom is 0.321 e. The highest BCUT2D eigenvalue weighted by Gasteiger charge is 2.39. The molecule has 1 aromatic rings. The van der Waals surface area contributed by atoms with Crippen LogP contribution in [0.3, 0.4) is 0 Å². The van der Waals surface area contributed by atoms with Gasteiger partial charge in [0.15, 0.2) is 0 Å². The lowest BCUT2D eigenvalue weighted by atomic mass is 9.82. The normalized spacial score (nSPS) is 22.0. The molecule has 1 heterocycles. The van der Waals surface area contributed by atoms with Crippen LogP contribution in [0.2, 0.25) is 0 Å². The van der Waals surface area contributed by atoms with Crippen LogP contribution < -0.4 is 5.32 Å². The number of benzene rings is 1. The van der Waals surface area contributed by atoms with Gasteiger partial charge in [0, 0.05) is 18.8 Å². The summed E-state index contributed by atoms with van der Waals surface area (Å²) >= 11 is 0. The van der Waals surface area contributed by atoms with Crippen molar-refractivity contribution >= 4 is 17.7 Å². The summed E-state index contributed by atoms with van der Waals surface area (Å²) in [5, 5.41) is 11.9. The zero-order valence-corrected chi connectivity index (χ0v) is 12.1. The van der Waals surface area contributed by atoms with Gasteiger partial charge in [0.1, 0.15) is 5.82 Å². The number of aryl methyl sites for hydroxylation is 1. The number of halogens is 1. The predicted octanol–water partition coefficient (Wildman–Crippen LogP) is 2.85. The molecule has 2 amide bonds. The van der Waals surface area contributed by atoms with Crippen molar-refractivity contribution in [1.82, 2.24) is 4.90 Å². The zero-order chi connectivity index (χ0) is 15.6. The summed E-state index contributed by atoms with van der Waals surface area (Å²) in [6.07, 6.45) is 1.21. The van der Waals surface area contributed by atoms with E-state index in [-0.39, 0.29) is 18.4 Å². The third-order valence-corrected chi connectivity index (χ3v) is 3.91. The molecular formula is C15H19FN2O3. The van der Waals surface area contributed by atoms with Gasteiger partial charge in [-0.2, -0.15) is 0 Å². The van der Waals surface area contributed by atoms with Gasteiger partial charge in [0.2, 0.25) is 0 Å². The lowest BCUT2D eigenvalue weighted by Crippen LogP contribution is -2.49. The molecule has 1 aromatic carbocycles. The van der Waals surface area contributed by atoms with Gasteiger partial charge < -0.3 is 15.3 Å². The van der Waals surface area contributed by atoms with Crippen LogP contribution in [0.4, 0.5) is 14.9 Å². The minimum absolute atomic E-state index is 0.175. The number of anilines is 1. The standard InChI is InChI=1S/C15H19FN2O3/c1-10-8-11(4-5-12(10)16)17-14(21)18-7-3-6-15(2,9-18)13(19)20/h4-5,8H,3,6-7,9H2,1-2H3,(H,17,21)(H,19,20). The van der Waals surface area contributed by atoms with E-state index in [9.17, 15) is 19.1 Å². The molecule has 1 aliphatic rings. The van der Waals surface area contributed by atoms with Gasteiger partial charge in [0.05, 0.1) is 5.41 Å². The maximum absolute atomic E-state index is 13.2. The van der Waals surface area contributed by atoms with E-state index >= 15 is 0 Å². The van der Waals surface area contributed by atoms with Gasteiger partial charge in [-0.05, 0) is 50.5 Å². The molecule has 0 bridgehead atoms. The first-order valence-electron chi connectivity index (χ1n) is 6.87. The minimum atomic E-state index is -0.908. The van der Waals surface area contributed by atoms with Crippen molar-refractivity contribution in [2.75, 3.05) is 18.4 Å². The van der Waals surface area contributed by atoms with Crippen LogP contribution >= 0.6 is 0 Å². The van der Waals surface area contributed by atoms with Crippen LogP contribution in [0.1, 0.15) is 25.3 Å². The number of likely N-dealkylation sites (tertiary alicyclic amines) is 1. The Morgan fingerprint density at radius 1 is 1.43 bits per heavy atom. The highest BCUT2D eigenvalue weighted by atomic mass is 19.1. The number of amides is 2. The zero-order valence-electron chi connectivity index (χ0n) is 12.1. The molecule has 1 atom stereocenters. The third-order valence-electron chi connectivity index (χ3n) is 3.91. The number of carbonyl (C=O) groups is 2. The second-order valence-electron chi connectivity index (χ2n) is 5.79. The molecule has 2 N–H and O–H groups in total. The average Bonchev–Trinajstić information content (AvgIpc) is 2.43. The Bertz CT molecular complexity index is 576. The van der Waals surface area contributed by atoms with Crippen LogP contribution in [0.15, 0.2) is 18.2 Å². The fraction of sp³-hybridized carbons (Fsp3) is 0.467. The Balaban J connectivity index is 2.06. The van der Waals surface area contributed by atoms with Crippen molar-refractivity contribution in [2.24, 2.45) is 5.41 Å². The minimum Gasteiger partial charge on any atom is -0.481 e. The van der Waals surface area contributed by atoms with Crippen molar-refractivity contribution in [1.29, 1.82) is 0 Å². The third kappa shape index (κ3) is 3.32. The van der Waals surface area contributed by atoms with Crippen molar-refractivity contribution in [3.8, 4) is 0 Å². The molecule has 21 heavy (non-hydrogen) atoms. The number of nitrogens with one attached hydrogen (secondary N) is 1. The van der Waals surface area contributed by atoms with E-state index in [2.05, 4.69) is 5.32 Å². The van der Waals surface area contributed by atoms with Crippen LogP contribution in [0.25, 0.3) is 0 Å². The van der Waals surface area contributed by atoms with E-state index in [0.29, 0.717) is 30.6 Å². The van der Waals surface area contributed by atoms with Gasteiger partial charge in [-0.1, -0.05) is 0 Å². The molecule has 5 nitrogen and oxygen atoms in total. The van der Waals surface area contributed by atoms with E-state index in [0.717, 1.165) is 0 Å². The first-order valence-corrected chi connectivity index (χ1v) is 6.87. The average molecular weight is 294 g/mol. The molecule has 0 aromatic heterocycles. The molecule has 6 heteroatoms. The number of carbonyl (C=O) groups excluding carboxylic acids is 1. The highest BCUT2D eigenvalue weighted by Crippen LogP contribution is 2.30. The summed E-state index contributed by atoms with van der Waals surface area (Å²) in [5.74, 6) is -1.22. The summed E-state index contributed by atoms with van der Waals surface area (Å²) in [6, 6.07) is 3.98. The smallest absolute Gasteiger partial charge is 0.321 e. The molecule has 1 unspecified atom stereocenters. The molecule has 114 valence electrons. The van der Waals surface area contributed by atoms with Gasteiger partial charge >= 0.3 is 12.0 Å². The predicted molar refractivity (Wildman–Crippen MR) is 76.7 cm³/mol. The van der Waals surface area contributed by atoms with Gasteiger partial charge in [-0.25, -0.2) is 9.18 Å². The molecule has 1 aliphatic heterocycles. The number of nitrogens with zero attached hydrogens (tertiary/aromatic N) is 1. The fourth-order valence-electron chi connectivity index (χ4n) is 2.51. The SMILES string of the molecule is Cc1cc(NC(=O)N2CCCC(C)(C(=O)O)C2)ccc1F. The Kier molecular flexibility index (Phi) is 4.16. The summed E-state index contributed by atoms with van der Waals surface area (Å²) < 4.78 is 13.2. The summed E-state index contributed by atoms with van der Waals surface area (Å²) in [6.45, 7) is 3.97. The first kappa shape index (κ1) is 15.3. The molecule has 0 aliphatic carbocycles. The number of piperidine rings is 1. The molecule has 2 rings (SSSR count). The fourth-order valence-corrected chi connectivity index (χ4v) is 2.51.